The van der Waals surface area contributed by atoms with Crippen molar-refractivity contribution >= 4 is 40.5 Å². The van der Waals surface area contributed by atoms with Gasteiger partial charge in [0.25, 0.3) is 5.69 Å². The number of benzene rings is 1. The van der Waals surface area contributed by atoms with Gasteiger partial charge < -0.3 is 11.1 Å². The molecule has 1 aromatic carbocycles. The lowest BCUT2D eigenvalue weighted by molar-refractivity contribution is -0.384. The minimum Gasteiger partial charge on any atom is -0.377 e. The van der Waals surface area contributed by atoms with Crippen LogP contribution < -0.4 is 11.1 Å². The van der Waals surface area contributed by atoms with E-state index in [4.69, 9.17) is 28.9 Å². The van der Waals surface area contributed by atoms with E-state index in [1.165, 1.54) is 12.1 Å². The number of nitrogens with zero attached hydrogens (tertiary/aromatic N) is 1. The number of halogens is 2. The SMILES string of the molecule is NC(=O)C1CCC(Nc2cc(Cl)c(Cl)cc2[N+](=O)[O-])CC1. The first-order valence-corrected chi connectivity index (χ1v) is 7.33. The monoisotopic (exact) mass is 331 g/mol. The van der Waals surface area contributed by atoms with Crippen molar-refractivity contribution in [3.63, 3.8) is 0 Å². The number of nitrogens with two attached hydrogens (primary N) is 1. The second-order valence-corrected chi connectivity index (χ2v) is 5.95. The fraction of sp³-hybridized carbons (Fsp3) is 0.462. The summed E-state index contributed by atoms with van der Waals surface area (Å²) in [5, 5.41) is 14.6. The summed E-state index contributed by atoms with van der Waals surface area (Å²) in [4.78, 5) is 21.7. The Bertz CT molecular complexity index is 572. The molecule has 0 aliphatic heterocycles. The molecule has 21 heavy (non-hydrogen) atoms. The minimum atomic E-state index is -0.500. The number of rotatable bonds is 4. The number of primary amides is 1. The Morgan fingerprint density at radius 1 is 1.24 bits per heavy atom. The first-order valence-electron chi connectivity index (χ1n) is 6.57. The molecule has 0 radical (unpaired) electrons. The lowest BCUT2D eigenvalue weighted by atomic mass is 9.85. The van der Waals surface area contributed by atoms with Crippen LogP contribution in [0.15, 0.2) is 12.1 Å². The molecule has 6 nitrogen and oxygen atoms in total. The fourth-order valence-electron chi connectivity index (χ4n) is 2.55. The highest BCUT2D eigenvalue weighted by atomic mass is 35.5. The summed E-state index contributed by atoms with van der Waals surface area (Å²) in [7, 11) is 0. The van der Waals surface area contributed by atoms with Crippen LogP contribution in [0.1, 0.15) is 25.7 Å². The number of hydrogen-bond acceptors (Lipinski definition) is 4. The van der Waals surface area contributed by atoms with Crippen molar-refractivity contribution < 1.29 is 9.72 Å². The van der Waals surface area contributed by atoms with E-state index in [1.807, 2.05) is 0 Å². The molecule has 8 heteroatoms. The molecule has 1 fully saturated rings. The maximum atomic E-state index is 11.1. The van der Waals surface area contributed by atoms with E-state index in [1.54, 1.807) is 0 Å². The molecule has 0 atom stereocenters. The second-order valence-electron chi connectivity index (χ2n) is 5.14. The van der Waals surface area contributed by atoms with Gasteiger partial charge in [-0.2, -0.15) is 0 Å². The zero-order valence-electron chi connectivity index (χ0n) is 11.1. The van der Waals surface area contributed by atoms with Crippen LogP contribution in [0.5, 0.6) is 0 Å². The van der Waals surface area contributed by atoms with Crippen molar-refractivity contribution in [2.24, 2.45) is 11.7 Å². The maximum absolute atomic E-state index is 11.1. The van der Waals surface area contributed by atoms with Gasteiger partial charge in [0.05, 0.1) is 15.0 Å². The lowest BCUT2D eigenvalue weighted by Gasteiger charge is -2.28. The predicted molar refractivity (Wildman–Crippen MR) is 81.7 cm³/mol. The molecule has 1 aromatic rings. The topological polar surface area (TPSA) is 98.3 Å². The molecule has 0 saturated heterocycles. The smallest absolute Gasteiger partial charge is 0.293 e. The highest BCUT2D eigenvalue weighted by Crippen LogP contribution is 2.36. The van der Waals surface area contributed by atoms with Gasteiger partial charge in [0, 0.05) is 18.0 Å². The molecule has 0 bridgehead atoms. The van der Waals surface area contributed by atoms with Crippen LogP contribution in [0.25, 0.3) is 0 Å². The van der Waals surface area contributed by atoms with Gasteiger partial charge in [-0.15, -0.1) is 0 Å². The van der Waals surface area contributed by atoms with Crippen molar-refractivity contribution in [2.45, 2.75) is 31.7 Å². The largest absolute Gasteiger partial charge is 0.377 e. The summed E-state index contributed by atoms with van der Waals surface area (Å²) in [6.07, 6.45) is 2.82. The Hall–Kier alpha value is -1.53. The van der Waals surface area contributed by atoms with Crippen molar-refractivity contribution in [3.8, 4) is 0 Å². The van der Waals surface area contributed by atoms with Crippen LogP contribution in [0, 0.1) is 16.0 Å². The lowest BCUT2D eigenvalue weighted by Crippen LogP contribution is -2.32. The molecule has 0 spiro atoms. The molecule has 1 saturated carbocycles. The van der Waals surface area contributed by atoms with Gasteiger partial charge >= 0.3 is 0 Å². The van der Waals surface area contributed by atoms with Gasteiger partial charge in [0.2, 0.25) is 5.91 Å². The van der Waals surface area contributed by atoms with Gasteiger partial charge in [0.15, 0.2) is 0 Å². The Kier molecular flexibility index (Phi) is 4.90. The molecule has 1 amide bonds. The summed E-state index contributed by atoms with van der Waals surface area (Å²) in [6, 6.07) is 2.75. The Labute approximate surface area is 131 Å². The Balaban J connectivity index is 2.11. The van der Waals surface area contributed by atoms with Crippen molar-refractivity contribution in [1.82, 2.24) is 0 Å². The van der Waals surface area contributed by atoms with Crippen molar-refractivity contribution in [2.75, 3.05) is 5.32 Å². The first-order chi connectivity index (χ1) is 9.88. The molecule has 0 heterocycles. The van der Waals surface area contributed by atoms with Crippen LogP contribution in [-0.2, 0) is 4.79 Å². The van der Waals surface area contributed by atoms with E-state index in [0.717, 1.165) is 12.8 Å². The molecular weight excluding hydrogens is 317 g/mol. The number of nitrogens with one attached hydrogen (secondary N) is 1. The number of carbonyl (C=O) groups excluding carboxylic acids is 1. The van der Waals surface area contributed by atoms with Gasteiger partial charge in [-0.05, 0) is 31.7 Å². The van der Waals surface area contributed by atoms with Gasteiger partial charge in [-0.1, -0.05) is 23.2 Å². The fourth-order valence-corrected chi connectivity index (χ4v) is 2.87. The third-order valence-corrected chi connectivity index (χ3v) is 4.45. The summed E-state index contributed by atoms with van der Waals surface area (Å²) < 4.78 is 0. The second kappa shape index (κ2) is 6.49. The predicted octanol–water partition coefficient (Wildman–Crippen LogP) is 3.36. The summed E-state index contributed by atoms with van der Waals surface area (Å²) >= 11 is 11.7. The average Bonchev–Trinajstić information content (AvgIpc) is 2.43. The average molecular weight is 332 g/mol. The Morgan fingerprint density at radius 2 is 1.81 bits per heavy atom. The number of anilines is 1. The number of amides is 1. The zero-order valence-corrected chi connectivity index (χ0v) is 12.7. The molecule has 1 aliphatic carbocycles. The molecule has 114 valence electrons. The maximum Gasteiger partial charge on any atom is 0.293 e. The van der Waals surface area contributed by atoms with Crippen LogP contribution >= 0.6 is 23.2 Å². The third-order valence-electron chi connectivity index (χ3n) is 3.72. The molecule has 2 rings (SSSR count). The minimum absolute atomic E-state index is 0.0524. The van der Waals surface area contributed by atoms with Crippen LogP contribution in [0.4, 0.5) is 11.4 Å². The summed E-state index contributed by atoms with van der Waals surface area (Å²) in [5.41, 5.74) is 5.52. The molecule has 0 unspecified atom stereocenters. The number of carbonyl (C=O) groups is 1. The normalized spacial score (nSPS) is 21.8. The molecule has 0 aromatic heterocycles. The number of nitro groups is 1. The Morgan fingerprint density at radius 3 is 2.33 bits per heavy atom. The molecular formula is C13H15Cl2N3O3. The molecule has 1 aliphatic rings. The zero-order chi connectivity index (χ0) is 15.6. The first kappa shape index (κ1) is 15.9. The highest BCUT2D eigenvalue weighted by Gasteiger charge is 2.26. The summed E-state index contributed by atoms with van der Waals surface area (Å²) in [6.45, 7) is 0. The van der Waals surface area contributed by atoms with Gasteiger partial charge in [-0.25, -0.2) is 0 Å². The van der Waals surface area contributed by atoms with E-state index < -0.39 is 4.92 Å². The van der Waals surface area contributed by atoms with Crippen molar-refractivity contribution in [3.05, 3.63) is 32.3 Å². The van der Waals surface area contributed by atoms with Crippen molar-refractivity contribution in [1.29, 1.82) is 0 Å². The molecule has 3 N–H and O–H groups in total. The number of nitro benzene ring substituents is 1. The van der Waals surface area contributed by atoms with Gasteiger partial charge in [-0.3, -0.25) is 14.9 Å². The van der Waals surface area contributed by atoms with Crippen LogP contribution in [-0.4, -0.2) is 16.9 Å². The van der Waals surface area contributed by atoms with E-state index >= 15 is 0 Å². The van der Waals surface area contributed by atoms with E-state index in [2.05, 4.69) is 5.32 Å². The van der Waals surface area contributed by atoms with E-state index in [-0.39, 0.29) is 33.6 Å². The quantitative estimate of drug-likeness (QED) is 0.652. The summed E-state index contributed by atoms with van der Waals surface area (Å²) in [5.74, 6) is -0.388. The van der Waals surface area contributed by atoms with E-state index in [0.29, 0.717) is 18.5 Å². The van der Waals surface area contributed by atoms with Crippen LogP contribution in [0.2, 0.25) is 10.0 Å². The highest BCUT2D eigenvalue weighted by molar-refractivity contribution is 6.42. The van der Waals surface area contributed by atoms with Crippen LogP contribution in [0.3, 0.4) is 0 Å². The number of hydrogen-bond donors (Lipinski definition) is 2. The standard InChI is InChI=1S/C13H15Cl2N3O3/c14-9-5-11(12(18(20)21)6-10(9)15)17-8-3-1-7(2-4-8)13(16)19/h5-8,17H,1-4H2,(H2,16,19). The third kappa shape index (κ3) is 3.77. The van der Waals surface area contributed by atoms with E-state index in [9.17, 15) is 14.9 Å². The van der Waals surface area contributed by atoms with Gasteiger partial charge in [0.1, 0.15) is 5.69 Å².